The van der Waals surface area contributed by atoms with E-state index in [1.807, 2.05) is 63.2 Å². The van der Waals surface area contributed by atoms with Crippen molar-refractivity contribution < 1.29 is 32.3 Å². The smallest absolute Gasteiger partial charge is 0.407 e. The molecule has 4 amide bonds. The molecule has 0 radical (unpaired) electrons. The largest absolute Gasteiger partial charge is 0.450 e. The SMILES string of the molecule is C=C[C@@H]1C[C@]1(NC(=O)[C@@H]1C[C@@H]2CN1C(=O)[C@H](C(C)(C)C)NC(=O)OCCCCCCc1cccc(c1)-c1nn2nc1-c1ccccc1)C(=O)NS(=O)(=O)C1CC1. The van der Waals surface area contributed by atoms with E-state index >= 15 is 0 Å². The average Bonchev–Trinajstić information content (AvgIpc) is 4.05. The minimum Gasteiger partial charge on any atom is -0.450 e. The van der Waals surface area contributed by atoms with E-state index in [4.69, 9.17) is 14.9 Å². The first-order valence-electron chi connectivity index (χ1n) is 19.6. The van der Waals surface area contributed by atoms with Crippen molar-refractivity contribution >= 4 is 33.8 Å². The lowest BCUT2D eigenvalue weighted by molar-refractivity contribution is -0.142. The lowest BCUT2D eigenvalue weighted by Crippen LogP contribution is -2.60. The van der Waals surface area contributed by atoms with E-state index in [0.717, 1.165) is 42.4 Å². The molecule has 3 aromatic rings. The number of hydrogen-bond acceptors (Lipinski definition) is 9. The Hall–Kier alpha value is -5.05. The predicted molar refractivity (Wildman–Crippen MR) is 209 cm³/mol. The van der Waals surface area contributed by atoms with E-state index in [2.05, 4.69) is 34.1 Å². The van der Waals surface area contributed by atoms with Crippen LogP contribution in [0.2, 0.25) is 0 Å². The summed E-state index contributed by atoms with van der Waals surface area (Å²) in [5.74, 6) is -2.50. The number of fused-ring (bicyclic) bond motifs is 8. The molecule has 298 valence electrons. The summed E-state index contributed by atoms with van der Waals surface area (Å²) in [6, 6.07) is 15.1. The first kappa shape index (κ1) is 39.2. The van der Waals surface area contributed by atoms with Gasteiger partial charge in [0.1, 0.15) is 29.0 Å². The molecule has 5 atom stereocenters. The number of hydrogen-bond donors (Lipinski definition) is 3. The molecule has 56 heavy (non-hydrogen) atoms. The van der Waals surface area contributed by atoms with Crippen LogP contribution < -0.4 is 15.4 Å². The fourth-order valence-electron chi connectivity index (χ4n) is 7.76. The van der Waals surface area contributed by atoms with Crippen molar-refractivity contribution in [3.63, 3.8) is 0 Å². The molecule has 1 aromatic heterocycles. The van der Waals surface area contributed by atoms with Crippen LogP contribution in [0.1, 0.15) is 83.7 Å². The maximum absolute atomic E-state index is 14.7. The third-order valence-electron chi connectivity index (χ3n) is 11.3. The Morgan fingerprint density at radius 3 is 2.36 bits per heavy atom. The normalized spacial score (nSPS) is 26.0. The number of nitrogens with one attached hydrogen (secondary N) is 3. The second-order valence-corrected chi connectivity index (χ2v) is 18.6. The van der Waals surface area contributed by atoms with Crippen molar-refractivity contribution in [1.29, 1.82) is 0 Å². The molecule has 3 fully saturated rings. The fourth-order valence-corrected chi connectivity index (χ4v) is 9.12. The molecule has 4 aliphatic rings. The molecule has 15 heteroatoms. The Balaban J connectivity index is 1.27. The zero-order valence-corrected chi connectivity index (χ0v) is 33.0. The second kappa shape index (κ2) is 15.5. The lowest BCUT2D eigenvalue weighted by atomic mass is 9.85. The number of aromatic nitrogens is 3. The summed E-state index contributed by atoms with van der Waals surface area (Å²) in [6.45, 7) is 9.47. The zero-order valence-electron chi connectivity index (χ0n) is 32.2. The molecule has 1 saturated heterocycles. The Morgan fingerprint density at radius 2 is 1.68 bits per heavy atom. The molecule has 0 spiro atoms. The third kappa shape index (κ3) is 8.23. The van der Waals surface area contributed by atoms with Gasteiger partial charge in [0, 0.05) is 30.0 Å². The second-order valence-electron chi connectivity index (χ2n) is 16.6. The quantitative estimate of drug-likeness (QED) is 0.287. The Labute approximate surface area is 327 Å². The van der Waals surface area contributed by atoms with Crippen LogP contribution in [0.3, 0.4) is 0 Å². The van der Waals surface area contributed by atoms with Gasteiger partial charge in [0.2, 0.25) is 21.8 Å². The molecule has 3 N–H and O–H groups in total. The van der Waals surface area contributed by atoms with Crippen LogP contribution in [0.25, 0.3) is 22.5 Å². The average molecular weight is 786 g/mol. The van der Waals surface area contributed by atoms with Gasteiger partial charge in [-0.25, -0.2) is 13.2 Å². The highest BCUT2D eigenvalue weighted by Crippen LogP contribution is 2.46. The number of alkyl carbamates (subject to hydrolysis) is 1. The van der Waals surface area contributed by atoms with Crippen LogP contribution in [0, 0.1) is 11.3 Å². The number of ether oxygens (including phenoxy) is 1. The molecule has 3 heterocycles. The van der Waals surface area contributed by atoms with Gasteiger partial charge in [-0.3, -0.25) is 19.1 Å². The van der Waals surface area contributed by atoms with Crippen LogP contribution in [-0.2, 0) is 35.6 Å². The summed E-state index contributed by atoms with van der Waals surface area (Å²) >= 11 is 0. The van der Waals surface area contributed by atoms with Crippen LogP contribution >= 0.6 is 0 Å². The van der Waals surface area contributed by atoms with E-state index in [-0.39, 0.29) is 26.0 Å². The van der Waals surface area contributed by atoms with Crippen molar-refractivity contribution in [2.24, 2.45) is 11.3 Å². The highest BCUT2D eigenvalue weighted by atomic mass is 32.2. The van der Waals surface area contributed by atoms with Gasteiger partial charge in [-0.15, -0.1) is 6.58 Å². The van der Waals surface area contributed by atoms with Crippen LogP contribution in [0.4, 0.5) is 4.79 Å². The number of benzene rings is 2. The van der Waals surface area contributed by atoms with E-state index in [1.165, 1.54) is 11.0 Å². The van der Waals surface area contributed by atoms with E-state index < -0.39 is 74.1 Å². The monoisotopic (exact) mass is 785 g/mol. The molecular formula is C41H51N7O7S. The zero-order chi connectivity index (χ0) is 39.8. The molecule has 0 unspecified atom stereocenters. The lowest BCUT2D eigenvalue weighted by Gasteiger charge is -2.35. The Bertz CT molecular complexity index is 2110. The number of rotatable bonds is 7. The predicted octanol–water partition coefficient (Wildman–Crippen LogP) is 4.68. The fraction of sp³-hybridized carbons (Fsp3) is 0.512. The minimum absolute atomic E-state index is 0.0166. The van der Waals surface area contributed by atoms with Gasteiger partial charge >= 0.3 is 6.09 Å². The van der Waals surface area contributed by atoms with Crippen molar-refractivity contribution in [1.82, 2.24) is 35.2 Å². The highest BCUT2D eigenvalue weighted by Gasteiger charge is 2.62. The summed E-state index contributed by atoms with van der Waals surface area (Å²) < 4.78 is 33.3. The minimum atomic E-state index is -3.90. The van der Waals surface area contributed by atoms with Crippen molar-refractivity contribution in [3.05, 3.63) is 72.8 Å². The van der Waals surface area contributed by atoms with Gasteiger partial charge in [-0.1, -0.05) is 88.2 Å². The summed E-state index contributed by atoms with van der Waals surface area (Å²) in [5, 5.41) is 15.0. The molecular weight excluding hydrogens is 735 g/mol. The van der Waals surface area contributed by atoms with Crippen LogP contribution in [0.5, 0.6) is 0 Å². The van der Waals surface area contributed by atoms with Crippen molar-refractivity contribution in [2.75, 3.05) is 13.2 Å². The number of aryl methyl sites for hydroxylation is 1. The standard InChI is InChI=1S/C41H51N7O7S/c1-5-29-24-41(29,38(51)46-56(53,54)31-19-20-31)43-36(49)32-23-30-25-47(32)37(50)35(40(2,3)4)42-39(52)55-21-12-7-6-9-14-26-15-13-18-28(22-26)34-33(44-48(30)45-34)27-16-10-8-11-17-27/h5,8,10-11,13,15-18,22,29-32,35H,1,6-7,9,12,14,19-21,23-25H2,2-4H3,(H,42,52)(H,43,49)(H,46,51)/t29-,30-,32+,35-,41-/m1/s1. The Kier molecular flexibility index (Phi) is 10.8. The maximum Gasteiger partial charge on any atom is 0.407 e. The number of cyclic esters (lactones) is 1. The number of carbonyl (C=O) groups excluding carboxylic acids is 4. The van der Waals surface area contributed by atoms with Gasteiger partial charge in [-0.05, 0) is 55.6 Å². The molecule has 2 aromatic carbocycles. The van der Waals surface area contributed by atoms with E-state index in [1.54, 1.807) is 4.80 Å². The maximum atomic E-state index is 14.7. The van der Waals surface area contributed by atoms with Gasteiger partial charge in [0.15, 0.2) is 0 Å². The highest BCUT2D eigenvalue weighted by molar-refractivity contribution is 7.91. The van der Waals surface area contributed by atoms with E-state index in [0.29, 0.717) is 30.7 Å². The van der Waals surface area contributed by atoms with Gasteiger partial charge in [0.25, 0.3) is 5.91 Å². The molecule has 2 saturated carbocycles. The third-order valence-corrected chi connectivity index (χ3v) is 13.1. The first-order chi connectivity index (χ1) is 26.7. The summed E-state index contributed by atoms with van der Waals surface area (Å²) in [4.78, 5) is 58.9. The van der Waals surface area contributed by atoms with E-state index in [9.17, 15) is 27.6 Å². The number of carbonyl (C=O) groups is 4. The number of amides is 4. The number of sulfonamides is 1. The summed E-state index contributed by atoms with van der Waals surface area (Å²) in [7, 11) is -3.90. The van der Waals surface area contributed by atoms with Crippen LogP contribution in [-0.4, -0.2) is 88.2 Å². The first-order valence-corrected chi connectivity index (χ1v) is 21.1. The molecule has 14 nitrogen and oxygen atoms in total. The molecule has 2 aliphatic carbocycles. The summed E-state index contributed by atoms with van der Waals surface area (Å²) in [6.07, 6.45) is 6.27. The van der Waals surface area contributed by atoms with Gasteiger partial charge in [-0.2, -0.15) is 15.0 Å². The van der Waals surface area contributed by atoms with Gasteiger partial charge < -0.3 is 20.3 Å². The molecule has 7 rings (SSSR count). The molecule has 2 aliphatic heterocycles. The van der Waals surface area contributed by atoms with Crippen LogP contribution in [0.15, 0.2) is 67.3 Å². The topological polar surface area (TPSA) is 182 Å². The van der Waals surface area contributed by atoms with Crippen molar-refractivity contribution in [3.8, 4) is 22.5 Å². The molecule has 6 bridgehead atoms. The number of nitrogens with zero attached hydrogens (tertiary/aromatic N) is 4. The van der Waals surface area contributed by atoms with Gasteiger partial charge in [0.05, 0.1) is 17.9 Å². The summed E-state index contributed by atoms with van der Waals surface area (Å²) in [5.41, 5.74) is 1.87. The Morgan fingerprint density at radius 1 is 0.982 bits per heavy atom. The van der Waals surface area contributed by atoms with Crippen molar-refractivity contribution in [2.45, 2.75) is 107 Å².